The first-order valence-electron chi connectivity index (χ1n) is 8.23. The highest BCUT2D eigenvalue weighted by Gasteiger charge is 2.05. The van der Waals surface area contributed by atoms with Gasteiger partial charge in [0.15, 0.2) is 0 Å². The molecule has 124 valence electrons. The van der Waals surface area contributed by atoms with Crippen LogP contribution in [0.5, 0.6) is 5.75 Å². The third kappa shape index (κ3) is 7.46. The van der Waals surface area contributed by atoms with E-state index in [1.54, 1.807) is 0 Å². The number of unbranched alkanes of at least 4 members (excludes halogenated alkanes) is 1. The van der Waals surface area contributed by atoms with Crippen LogP contribution in [-0.2, 0) is 4.79 Å². The van der Waals surface area contributed by atoms with E-state index >= 15 is 0 Å². The predicted molar refractivity (Wildman–Crippen MR) is 91.4 cm³/mol. The average Bonchev–Trinajstić information content (AvgIpc) is 2.48. The number of ether oxygens (including phenoxy) is 1. The summed E-state index contributed by atoms with van der Waals surface area (Å²) in [6, 6.07) is 6.54. The van der Waals surface area contributed by atoms with Gasteiger partial charge in [0.25, 0.3) is 0 Å². The number of hydrogen-bond donors (Lipinski definition) is 2. The molecule has 0 unspecified atom stereocenters. The van der Waals surface area contributed by atoms with Crippen molar-refractivity contribution in [2.24, 2.45) is 0 Å². The van der Waals surface area contributed by atoms with Crippen molar-refractivity contribution < 1.29 is 9.53 Å². The van der Waals surface area contributed by atoms with Crippen LogP contribution < -0.4 is 15.4 Å². The number of benzene rings is 1. The molecule has 0 bridgehead atoms. The number of likely N-dealkylation sites (N-methyl/N-ethyl adjacent to an activating group) is 1. The Kier molecular flexibility index (Phi) is 8.60. The molecule has 4 heteroatoms. The number of nitrogens with one attached hydrogen (secondary N) is 2. The molecule has 0 spiro atoms. The summed E-state index contributed by atoms with van der Waals surface area (Å²) in [7, 11) is 0. The van der Waals surface area contributed by atoms with Gasteiger partial charge >= 0.3 is 0 Å². The molecule has 0 heterocycles. The van der Waals surface area contributed by atoms with Crippen LogP contribution >= 0.6 is 0 Å². The van der Waals surface area contributed by atoms with Gasteiger partial charge in [0.05, 0.1) is 6.61 Å². The molecule has 0 radical (unpaired) electrons. The molecule has 1 atom stereocenters. The molecule has 0 aliphatic carbocycles. The molecular formula is C18H30N2O2. The Bertz CT molecular complexity index is 460. The van der Waals surface area contributed by atoms with E-state index < -0.39 is 0 Å². The lowest BCUT2D eigenvalue weighted by atomic mass is 10.1. The third-order valence-corrected chi connectivity index (χ3v) is 3.56. The molecule has 1 aromatic rings. The maximum Gasteiger partial charge on any atom is 0.220 e. The Morgan fingerprint density at radius 3 is 2.77 bits per heavy atom. The van der Waals surface area contributed by atoms with E-state index in [2.05, 4.69) is 49.6 Å². The van der Waals surface area contributed by atoms with Crippen LogP contribution in [0.4, 0.5) is 0 Å². The second kappa shape index (κ2) is 10.2. The highest BCUT2D eigenvalue weighted by molar-refractivity contribution is 5.75. The van der Waals surface area contributed by atoms with Crippen molar-refractivity contribution >= 4 is 5.91 Å². The summed E-state index contributed by atoms with van der Waals surface area (Å²) in [5.74, 6) is 1.07. The average molecular weight is 306 g/mol. The predicted octanol–water partition coefficient (Wildman–Crippen LogP) is 2.97. The normalized spacial score (nSPS) is 12.0. The Hall–Kier alpha value is -1.55. The topological polar surface area (TPSA) is 50.4 Å². The smallest absolute Gasteiger partial charge is 0.220 e. The summed E-state index contributed by atoms with van der Waals surface area (Å²) < 4.78 is 5.79. The minimum atomic E-state index is 0.122. The van der Waals surface area contributed by atoms with Gasteiger partial charge in [-0.3, -0.25) is 4.79 Å². The molecule has 1 rings (SSSR count). The molecule has 0 fully saturated rings. The zero-order valence-electron chi connectivity index (χ0n) is 14.4. The van der Waals surface area contributed by atoms with Crippen LogP contribution in [0.2, 0.25) is 0 Å². The quantitative estimate of drug-likeness (QED) is 0.653. The summed E-state index contributed by atoms with van der Waals surface area (Å²) in [6.45, 7) is 10.5. The maximum atomic E-state index is 11.7. The lowest BCUT2D eigenvalue weighted by Gasteiger charge is -2.13. The molecule has 0 aromatic heterocycles. The molecule has 22 heavy (non-hydrogen) atoms. The SMILES string of the molecule is CCN[C@H](C)CNC(=O)CCCCOc1cc(C)ccc1C. The van der Waals surface area contributed by atoms with Gasteiger partial charge in [-0.1, -0.05) is 19.1 Å². The van der Waals surface area contributed by atoms with Crippen molar-refractivity contribution in [2.45, 2.75) is 53.0 Å². The summed E-state index contributed by atoms with van der Waals surface area (Å²) >= 11 is 0. The summed E-state index contributed by atoms with van der Waals surface area (Å²) in [6.07, 6.45) is 2.31. The lowest BCUT2D eigenvalue weighted by molar-refractivity contribution is -0.121. The molecule has 1 amide bonds. The largest absolute Gasteiger partial charge is 0.493 e. The van der Waals surface area contributed by atoms with Crippen LogP contribution in [-0.4, -0.2) is 31.6 Å². The van der Waals surface area contributed by atoms with Crippen molar-refractivity contribution in [1.82, 2.24) is 10.6 Å². The van der Waals surface area contributed by atoms with Gasteiger partial charge in [0.2, 0.25) is 5.91 Å². The number of carbonyl (C=O) groups is 1. The standard InChI is InChI=1S/C18H30N2O2/c1-5-19-16(4)13-20-18(21)8-6-7-11-22-17-12-14(2)9-10-15(17)3/h9-10,12,16,19H,5-8,11,13H2,1-4H3,(H,20,21)/t16-/m1/s1. The summed E-state index contributed by atoms with van der Waals surface area (Å²) in [4.78, 5) is 11.7. The van der Waals surface area contributed by atoms with E-state index in [9.17, 15) is 4.79 Å². The van der Waals surface area contributed by atoms with E-state index in [1.165, 1.54) is 5.56 Å². The van der Waals surface area contributed by atoms with Crippen LogP contribution in [0.1, 0.15) is 44.2 Å². The molecule has 4 nitrogen and oxygen atoms in total. The van der Waals surface area contributed by atoms with Gasteiger partial charge in [-0.2, -0.15) is 0 Å². The van der Waals surface area contributed by atoms with Gasteiger partial charge in [-0.25, -0.2) is 0 Å². The van der Waals surface area contributed by atoms with Crippen molar-refractivity contribution in [3.8, 4) is 5.75 Å². The first kappa shape index (κ1) is 18.5. The second-order valence-corrected chi connectivity index (χ2v) is 5.84. The van der Waals surface area contributed by atoms with E-state index in [4.69, 9.17) is 4.74 Å². The number of aryl methyl sites for hydroxylation is 2. The van der Waals surface area contributed by atoms with E-state index in [0.717, 1.165) is 30.7 Å². The van der Waals surface area contributed by atoms with Crippen LogP contribution in [0.15, 0.2) is 18.2 Å². The lowest BCUT2D eigenvalue weighted by Crippen LogP contribution is -2.38. The van der Waals surface area contributed by atoms with Gasteiger partial charge in [-0.15, -0.1) is 0 Å². The van der Waals surface area contributed by atoms with Gasteiger partial charge < -0.3 is 15.4 Å². The third-order valence-electron chi connectivity index (χ3n) is 3.56. The first-order chi connectivity index (χ1) is 10.5. The van der Waals surface area contributed by atoms with Gasteiger partial charge in [-0.05, 0) is 57.4 Å². The van der Waals surface area contributed by atoms with Gasteiger partial charge in [0, 0.05) is 19.0 Å². The fourth-order valence-electron chi connectivity index (χ4n) is 2.21. The Labute approximate surface area is 134 Å². The van der Waals surface area contributed by atoms with Gasteiger partial charge in [0.1, 0.15) is 5.75 Å². The Morgan fingerprint density at radius 2 is 2.05 bits per heavy atom. The number of rotatable bonds is 10. The maximum absolute atomic E-state index is 11.7. The molecule has 1 aromatic carbocycles. The van der Waals surface area contributed by atoms with Crippen molar-refractivity contribution in [3.05, 3.63) is 29.3 Å². The van der Waals surface area contributed by atoms with Crippen LogP contribution in [0, 0.1) is 13.8 Å². The monoisotopic (exact) mass is 306 g/mol. The number of amides is 1. The van der Waals surface area contributed by atoms with Crippen molar-refractivity contribution in [3.63, 3.8) is 0 Å². The minimum Gasteiger partial charge on any atom is -0.493 e. The highest BCUT2D eigenvalue weighted by atomic mass is 16.5. The summed E-state index contributed by atoms with van der Waals surface area (Å²) in [5.41, 5.74) is 2.36. The van der Waals surface area contributed by atoms with E-state index in [0.29, 0.717) is 25.6 Å². The molecule has 0 saturated heterocycles. The molecule has 0 saturated carbocycles. The molecule has 2 N–H and O–H groups in total. The summed E-state index contributed by atoms with van der Waals surface area (Å²) in [5, 5.41) is 6.22. The van der Waals surface area contributed by atoms with Crippen molar-refractivity contribution in [1.29, 1.82) is 0 Å². The number of hydrogen-bond acceptors (Lipinski definition) is 3. The minimum absolute atomic E-state index is 0.122. The van der Waals surface area contributed by atoms with E-state index in [-0.39, 0.29) is 5.91 Å². The molecular weight excluding hydrogens is 276 g/mol. The Balaban J connectivity index is 2.12. The van der Waals surface area contributed by atoms with Crippen molar-refractivity contribution in [2.75, 3.05) is 19.7 Å². The fraction of sp³-hybridized carbons (Fsp3) is 0.611. The molecule has 0 aliphatic heterocycles. The van der Waals surface area contributed by atoms with Crippen LogP contribution in [0.25, 0.3) is 0 Å². The zero-order chi connectivity index (χ0) is 16.4. The fourth-order valence-corrected chi connectivity index (χ4v) is 2.21. The first-order valence-corrected chi connectivity index (χ1v) is 8.23. The molecule has 0 aliphatic rings. The second-order valence-electron chi connectivity index (χ2n) is 5.84. The number of carbonyl (C=O) groups excluding carboxylic acids is 1. The van der Waals surface area contributed by atoms with E-state index in [1.807, 2.05) is 6.92 Å². The Morgan fingerprint density at radius 1 is 1.27 bits per heavy atom. The zero-order valence-corrected chi connectivity index (χ0v) is 14.4. The highest BCUT2D eigenvalue weighted by Crippen LogP contribution is 2.19. The van der Waals surface area contributed by atoms with Crippen LogP contribution in [0.3, 0.4) is 0 Å².